The minimum Gasteiger partial charge on any atom is -0.459 e. The number of benzene rings is 1. The van der Waals surface area contributed by atoms with Crippen LogP contribution in [0.4, 0.5) is 10.1 Å². The smallest absolute Gasteiger partial charge is 0.287 e. The number of carbonyl (C=O) groups excluding carboxylic acids is 1. The fraction of sp³-hybridized carbons (Fsp3) is 0.389. The van der Waals surface area contributed by atoms with Gasteiger partial charge < -0.3 is 19.7 Å². The van der Waals surface area contributed by atoms with E-state index in [0.29, 0.717) is 31.5 Å². The van der Waals surface area contributed by atoms with E-state index in [1.807, 2.05) is 6.92 Å². The highest BCUT2D eigenvalue weighted by molar-refractivity contribution is 5.91. The first-order valence-corrected chi connectivity index (χ1v) is 8.11. The van der Waals surface area contributed by atoms with Crippen LogP contribution in [0.25, 0.3) is 0 Å². The van der Waals surface area contributed by atoms with Crippen molar-refractivity contribution in [3.8, 4) is 0 Å². The number of hydrogen-bond acceptors (Lipinski definition) is 4. The van der Waals surface area contributed by atoms with Gasteiger partial charge in [0.05, 0.1) is 18.4 Å². The summed E-state index contributed by atoms with van der Waals surface area (Å²) in [6.07, 6.45) is 2.53. The van der Waals surface area contributed by atoms with Crippen molar-refractivity contribution in [2.45, 2.75) is 31.9 Å². The quantitative estimate of drug-likeness (QED) is 0.903. The molecule has 0 bridgehead atoms. The lowest BCUT2D eigenvalue weighted by Gasteiger charge is -2.34. The van der Waals surface area contributed by atoms with Gasteiger partial charge in [-0.05, 0) is 50.1 Å². The van der Waals surface area contributed by atoms with Crippen molar-refractivity contribution in [3.63, 3.8) is 0 Å². The number of nitrogens with zero attached hydrogens (tertiary/aromatic N) is 1. The molecule has 1 atom stereocenters. The summed E-state index contributed by atoms with van der Waals surface area (Å²) < 4.78 is 18.8. The van der Waals surface area contributed by atoms with Crippen LogP contribution in [0.1, 0.15) is 41.9 Å². The fourth-order valence-electron chi connectivity index (χ4n) is 3.02. The van der Waals surface area contributed by atoms with Crippen molar-refractivity contribution < 1.29 is 18.7 Å². The molecule has 0 saturated carbocycles. The van der Waals surface area contributed by atoms with E-state index in [1.165, 1.54) is 18.4 Å². The molecule has 0 spiro atoms. The molecule has 3 rings (SSSR count). The molecule has 0 radical (unpaired) electrons. The highest BCUT2D eigenvalue weighted by Gasteiger charge is 2.23. The Morgan fingerprint density at radius 1 is 1.38 bits per heavy atom. The first-order valence-electron chi connectivity index (χ1n) is 8.11. The molecular weight excluding hydrogens is 311 g/mol. The average Bonchev–Trinajstić information content (AvgIpc) is 3.10. The number of halogens is 1. The zero-order valence-electron chi connectivity index (χ0n) is 13.5. The van der Waals surface area contributed by atoms with E-state index in [2.05, 4.69) is 10.2 Å². The molecule has 1 saturated heterocycles. The second-order valence-electron chi connectivity index (χ2n) is 6.09. The number of aliphatic hydroxyl groups excluding tert-OH is 1. The normalized spacial score (nSPS) is 16.9. The Hall–Kier alpha value is -2.34. The first-order chi connectivity index (χ1) is 11.5. The molecule has 1 amide bonds. The van der Waals surface area contributed by atoms with E-state index in [0.717, 1.165) is 5.69 Å². The molecule has 128 valence electrons. The lowest BCUT2D eigenvalue weighted by molar-refractivity contribution is 0.0912. The van der Waals surface area contributed by atoms with Gasteiger partial charge in [-0.15, -0.1) is 0 Å². The molecule has 1 aliphatic heterocycles. The van der Waals surface area contributed by atoms with Crippen LogP contribution in [0, 0.1) is 5.82 Å². The monoisotopic (exact) mass is 332 g/mol. The third-order valence-electron chi connectivity index (χ3n) is 4.35. The molecule has 1 aromatic heterocycles. The van der Waals surface area contributed by atoms with Gasteiger partial charge in [-0.25, -0.2) is 4.39 Å². The van der Waals surface area contributed by atoms with Gasteiger partial charge in [0.2, 0.25) is 0 Å². The largest absolute Gasteiger partial charge is 0.459 e. The maximum absolute atomic E-state index is 13.8. The molecule has 1 aliphatic rings. The zero-order chi connectivity index (χ0) is 17.1. The summed E-state index contributed by atoms with van der Waals surface area (Å²) in [5.74, 6) is -0.456. The molecule has 1 fully saturated rings. The summed E-state index contributed by atoms with van der Waals surface area (Å²) in [6.45, 7) is 3.23. The predicted molar refractivity (Wildman–Crippen MR) is 88.4 cm³/mol. The topological polar surface area (TPSA) is 65.7 Å². The molecule has 0 unspecified atom stereocenters. The SMILES string of the molecule is C[C@@H](NC(=O)c1ccco1)c1cc(F)ccc1N1CCC(O)CC1. The fourth-order valence-corrected chi connectivity index (χ4v) is 3.02. The van der Waals surface area contributed by atoms with Gasteiger partial charge in [0.15, 0.2) is 5.76 Å². The minimum absolute atomic E-state index is 0.223. The van der Waals surface area contributed by atoms with Crippen LogP contribution in [0.5, 0.6) is 0 Å². The Bertz CT molecular complexity index is 694. The predicted octanol–water partition coefficient (Wildman–Crippen LogP) is 2.87. The summed E-state index contributed by atoms with van der Waals surface area (Å²) in [6, 6.07) is 7.46. The Labute approximate surface area is 140 Å². The summed E-state index contributed by atoms with van der Waals surface area (Å²) in [5, 5.41) is 12.5. The van der Waals surface area contributed by atoms with E-state index in [4.69, 9.17) is 4.42 Å². The lowest BCUT2D eigenvalue weighted by atomic mass is 10.0. The molecular formula is C18H21FN2O3. The minimum atomic E-state index is -0.375. The second kappa shape index (κ2) is 7.05. The summed E-state index contributed by atoms with van der Waals surface area (Å²) in [7, 11) is 0. The van der Waals surface area contributed by atoms with Crippen molar-refractivity contribution in [1.82, 2.24) is 5.32 Å². The first kappa shape index (κ1) is 16.5. The number of carbonyl (C=O) groups is 1. The van der Waals surface area contributed by atoms with Gasteiger partial charge >= 0.3 is 0 Å². The molecule has 5 nitrogen and oxygen atoms in total. The standard InChI is InChI=1S/C18H21FN2O3/c1-12(20-18(23)17-3-2-10-24-17)15-11-13(19)4-5-16(15)21-8-6-14(22)7-9-21/h2-5,10-12,14,22H,6-9H2,1H3,(H,20,23)/t12-/m1/s1. The summed E-state index contributed by atoms with van der Waals surface area (Å²) >= 11 is 0. The van der Waals surface area contributed by atoms with Gasteiger partial charge in [0.1, 0.15) is 5.82 Å². The molecule has 2 aromatic rings. The van der Waals surface area contributed by atoms with Crippen molar-refractivity contribution >= 4 is 11.6 Å². The number of amides is 1. The van der Waals surface area contributed by atoms with Crippen LogP contribution in [-0.4, -0.2) is 30.2 Å². The number of furan rings is 1. The van der Waals surface area contributed by atoms with Gasteiger partial charge in [-0.2, -0.15) is 0 Å². The van der Waals surface area contributed by atoms with Gasteiger partial charge in [0.25, 0.3) is 5.91 Å². The van der Waals surface area contributed by atoms with Gasteiger partial charge in [-0.3, -0.25) is 4.79 Å². The van der Waals surface area contributed by atoms with Crippen LogP contribution in [0.15, 0.2) is 41.0 Å². The zero-order valence-corrected chi connectivity index (χ0v) is 13.5. The maximum Gasteiger partial charge on any atom is 0.287 e. The second-order valence-corrected chi connectivity index (χ2v) is 6.09. The maximum atomic E-state index is 13.8. The third-order valence-corrected chi connectivity index (χ3v) is 4.35. The molecule has 2 N–H and O–H groups in total. The highest BCUT2D eigenvalue weighted by atomic mass is 19.1. The van der Waals surface area contributed by atoms with E-state index in [9.17, 15) is 14.3 Å². The van der Waals surface area contributed by atoms with Crippen LogP contribution in [0.3, 0.4) is 0 Å². The van der Waals surface area contributed by atoms with Gasteiger partial charge in [-0.1, -0.05) is 0 Å². The van der Waals surface area contributed by atoms with E-state index in [1.54, 1.807) is 18.2 Å². The van der Waals surface area contributed by atoms with Gasteiger partial charge in [0, 0.05) is 24.3 Å². The Kier molecular flexibility index (Phi) is 4.85. The molecule has 6 heteroatoms. The van der Waals surface area contributed by atoms with E-state index < -0.39 is 0 Å². The van der Waals surface area contributed by atoms with Crippen LogP contribution >= 0.6 is 0 Å². The van der Waals surface area contributed by atoms with Crippen LogP contribution in [-0.2, 0) is 0 Å². The van der Waals surface area contributed by atoms with Crippen molar-refractivity contribution in [2.75, 3.05) is 18.0 Å². The lowest BCUT2D eigenvalue weighted by Crippen LogP contribution is -2.37. The van der Waals surface area contributed by atoms with E-state index in [-0.39, 0.29) is 29.6 Å². The number of anilines is 1. The van der Waals surface area contributed by atoms with Crippen molar-refractivity contribution in [3.05, 3.63) is 53.7 Å². The summed E-state index contributed by atoms with van der Waals surface area (Å²) in [5.41, 5.74) is 1.60. The molecule has 24 heavy (non-hydrogen) atoms. The van der Waals surface area contributed by atoms with Crippen LogP contribution < -0.4 is 10.2 Å². The Morgan fingerprint density at radius 3 is 2.79 bits per heavy atom. The number of piperidine rings is 1. The molecule has 1 aromatic carbocycles. The third kappa shape index (κ3) is 3.59. The average molecular weight is 332 g/mol. The van der Waals surface area contributed by atoms with Crippen molar-refractivity contribution in [1.29, 1.82) is 0 Å². The number of nitrogens with one attached hydrogen (secondary N) is 1. The molecule has 2 heterocycles. The summed E-state index contributed by atoms with van der Waals surface area (Å²) in [4.78, 5) is 14.3. The van der Waals surface area contributed by atoms with Crippen molar-refractivity contribution in [2.24, 2.45) is 0 Å². The van der Waals surface area contributed by atoms with Crippen LogP contribution in [0.2, 0.25) is 0 Å². The van der Waals surface area contributed by atoms with E-state index >= 15 is 0 Å². The number of aliphatic hydroxyl groups is 1. The highest BCUT2D eigenvalue weighted by Crippen LogP contribution is 2.30. The Balaban J connectivity index is 1.80. The number of hydrogen-bond donors (Lipinski definition) is 2. The molecule has 0 aliphatic carbocycles. The number of rotatable bonds is 4. The Morgan fingerprint density at radius 2 is 2.12 bits per heavy atom.